The average Bonchev–Trinajstić information content (AvgIpc) is 3.07. The molecule has 0 saturated heterocycles. The summed E-state index contributed by atoms with van der Waals surface area (Å²) in [6, 6.07) is 13.8. The Hall–Kier alpha value is -2.32. The van der Waals surface area contributed by atoms with Gasteiger partial charge in [-0.05, 0) is 54.8 Å². The van der Waals surface area contributed by atoms with Gasteiger partial charge in [-0.2, -0.15) is 0 Å². The van der Waals surface area contributed by atoms with Crippen molar-refractivity contribution in [2.45, 2.75) is 32.0 Å². The second-order valence-electron chi connectivity index (χ2n) is 6.54. The number of aryl methyl sites for hydroxylation is 2. The maximum Gasteiger partial charge on any atom is 0.234 e. The number of halogens is 1. The largest absolute Gasteiger partial charge is 0.486 e. The molecule has 0 bridgehead atoms. The summed E-state index contributed by atoms with van der Waals surface area (Å²) in [7, 11) is 1.87. The van der Waals surface area contributed by atoms with E-state index < -0.39 is 0 Å². The summed E-state index contributed by atoms with van der Waals surface area (Å²) in [5, 5.41) is 12.0. The monoisotopic (exact) mass is 474 g/mol. The Balaban J connectivity index is 1.52. The van der Waals surface area contributed by atoms with Gasteiger partial charge in [-0.3, -0.25) is 4.79 Å². The minimum atomic E-state index is -0.0859. The van der Waals surface area contributed by atoms with E-state index in [2.05, 4.69) is 50.5 Å². The van der Waals surface area contributed by atoms with Crippen LogP contribution in [0, 0.1) is 6.92 Å². The summed E-state index contributed by atoms with van der Waals surface area (Å²) in [6.07, 6.45) is 0.999. The van der Waals surface area contributed by atoms with Gasteiger partial charge in [0.2, 0.25) is 5.91 Å². The first-order chi connectivity index (χ1) is 14.0. The van der Waals surface area contributed by atoms with Crippen LogP contribution in [0.5, 0.6) is 5.75 Å². The maximum absolute atomic E-state index is 12.3. The highest BCUT2D eigenvalue weighted by Crippen LogP contribution is 2.22. The van der Waals surface area contributed by atoms with Crippen molar-refractivity contribution in [1.82, 2.24) is 14.8 Å². The van der Waals surface area contributed by atoms with Gasteiger partial charge in [-0.1, -0.05) is 46.7 Å². The molecular formula is C21H23BrN4O2S. The number of hydrogen-bond donors (Lipinski definition) is 1. The fourth-order valence-electron chi connectivity index (χ4n) is 2.65. The Morgan fingerprint density at radius 1 is 1.21 bits per heavy atom. The van der Waals surface area contributed by atoms with Gasteiger partial charge in [0.05, 0.1) is 5.75 Å². The number of rotatable bonds is 8. The summed E-state index contributed by atoms with van der Waals surface area (Å²) in [5.74, 6) is 1.66. The molecular weight excluding hydrogens is 452 g/mol. The predicted molar refractivity (Wildman–Crippen MR) is 119 cm³/mol. The third kappa shape index (κ3) is 5.83. The zero-order valence-electron chi connectivity index (χ0n) is 16.6. The van der Waals surface area contributed by atoms with Crippen molar-refractivity contribution in [3.8, 4) is 5.75 Å². The van der Waals surface area contributed by atoms with E-state index in [0.717, 1.165) is 27.9 Å². The van der Waals surface area contributed by atoms with Crippen LogP contribution in [0.3, 0.4) is 0 Å². The van der Waals surface area contributed by atoms with E-state index >= 15 is 0 Å². The van der Waals surface area contributed by atoms with Crippen molar-refractivity contribution < 1.29 is 9.53 Å². The zero-order chi connectivity index (χ0) is 20.8. The highest BCUT2D eigenvalue weighted by molar-refractivity contribution is 9.10. The van der Waals surface area contributed by atoms with E-state index in [1.54, 1.807) is 0 Å². The molecule has 0 radical (unpaired) electrons. The van der Waals surface area contributed by atoms with Gasteiger partial charge in [-0.15, -0.1) is 10.2 Å². The quantitative estimate of drug-likeness (QED) is 0.476. The van der Waals surface area contributed by atoms with Crippen LogP contribution in [0.2, 0.25) is 0 Å². The number of ether oxygens (including phenoxy) is 1. The molecule has 0 atom stereocenters. The normalized spacial score (nSPS) is 10.8. The number of nitrogens with zero attached hydrogens (tertiary/aromatic N) is 3. The Morgan fingerprint density at radius 2 is 1.97 bits per heavy atom. The van der Waals surface area contributed by atoms with Crippen LogP contribution in [0.1, 0.15) is 23.9 Å². The summed E-state index contributed by atoms with van der Waals surface area (Å²) in [4.78, 5) is 12.3. The topological polar surface area (TPSA) is 69.0 Å². The molecule has 1 N–H and O–H groups in total. The second kappa shape index (κ2) is 9.93. The molecule has 1 aromatic heterocycles. The second-order valence-corrected chi connectivity index (χ2v) is 8.40. The number of benzene rings is 2. The molecule has 0 spiro atoms. The first kappa shape index (κ1) is 21.4. The summed E-state index contributed by atoms with van der Waals surface area (Å²) >= 11 is 4.77. The summed E-state index contributed by atoms with van der Waals surface area (Å²) < 4.78 is 8.63. The van der Waals surface area contributed by atoms with Crippen molar-refractivity contribution >= 4 is 39.3 Å². The van der Waals surface area contributed by atoms with Gasteiger partial charge in [0.25, 0.3) is 0 Å². The van der Waals surface area contributed by atoms with E-state index in [0.29, 0.717) is 17.6 Å². The molecule has 8 heteroatoms. The number of thioether (sulfide) groups is 1. The molecule has 152 valence electrons. The van der Waals surface area contributed by atoms with Crippen molar-refractivity contribution in [2.24, 2.45) is 7.05 Å². The molecule has 0 fully saturated rings. The molecule has 1 amide bonds. The molecule has 3 aromatic rings. The number of aromatic nitrogens is 3. The number of carbonyl (C=O) groups excluding carboxylic acids is 1. The number of nitrogens with one attached hydrogen (secondary N) is 1. The number of hydrogen-bond acceptors (Lipinski definition) is 5. The van der Waals surface area contributed by atoms with E-state index in [4.69, 9.17) is 4.74 Å². The molecule has 0 aliphatic carbocycles. The molecule has 0 aliphatic rings. The van der Waals surface area contributed by atoms with Crippen LogP contribution in [0.25, 0.3) is 0 Å². The lowest BCUT2D eigenvalue weighted by atomic mass is 10.2. The van der Waals surface area contributed by atoms with E-state index in [1.807, 2.05) is 48.9 Å². The fraction of sp³-hybridized carbons (Fsp3) is 0.286. The Kier molecular flexibility index (Phi) is 7.33. The van der Waals surface area contributed by atoms with E-state index in [1.165, 1.54) is 17.3 Å². The molecule has 29 heavy (non-hydrogen) atoms. The van der Waals surface area contributed by atoms with Crippen LogP contribution < -0.4 is 10.1 Å². The van der Waals surface area contributed by atoms with Gasteiger partial charge in [-0.25, -0.2) is 0 Å². The molecule has 6 nitrogen and oxygen atoms in total. The third-order valence-electron chi connectivity index (χ3n) is 4.42. The first-order valence-electron chi connectivity index (χ1n) is 9.25. The fourth-order valence-corrected chi connectivity index (χ4v) is 3.85. The van der Waals surface area contributed by atoms with Gasteiger partial charge < -0.3 is 14.6 Å². The van der Waals surface area contributed by atoms with Gasteiger partial charge in [0.15, 0.2) is 11.0 Å². The molecule has 0 unspecified atom stereocenters. The van der Waals surface area contributed by atoms with E-state index in [-0.39, 0.29) is 11.7 Å². The SMILES string of the molecule is CCc1ccc(OCc2nnc(SCC(=O)Nc3ccc(Br)cc3C)n2C)cc1. The predicted octanol–water partition coefficient (Wildman–Crippen LogP) is 4.76. The molecule has 1 heterocycles. The third-order valence-corrected chi connectivity index (χ3v) is 5.93. The first-order valence-corrected chi connectivity index (χ1v) is 11.0. The van der Waals surface area contributed by atoms with Gasteiger partial charge in [0, 0.05) is 17.2 Å². The number of carbonyl (C=O) groups is 1. The van der Waals surface area contributed by atoms with Crippen molar-refractivity contribution in [1.29, 1.82) is 0 Å². The van der Waals surface area contributed by atoms with Crippen LogP contribution in [0.4, 0.5) is 5.69 Å². The Labute approximate surface area is 183 Å². The van der Waals surface area contributed by atoms with E-state index in [9.17, 15) is 4.79 Å². The zero-order valence-corrected chi connectivity index (χ0v) is 19.0. The van der Waals surface area contributed by atoms with Crippen LogP contribution in [-0.4, -0.2) is 26.4 Å². The van der Waals surface area contributed by atoms with Crippen molar-refractivity contribution in [3.05, 3.63) is 63.9 Å². The minimum Gasteiger partial charge on any atom is -0.486 e. The van der Waals surface area contributed by atoms with Gasteiger partial charge >= 0.3 is 0 Å². The maximum atomic E-state index is 12.3. The minimum absolute atomic E-state index is 0.0859. The Bertz CT molecular complexity index is 989. The molecule has 3 rings (SSSR count). The van der Waals surface area contributed by atoms with Gasteiger partial charge in [0.1, 0.15) is 12.4 Å². The highest BCUT2D eigenvalue weighted by atomic mass is 79.9. The molecule has 0 saturated carbocycles. The summed E-state index contributed by atoms with van der Waals surface area (Å²) in [5.41, 5.74) is 3.08. The average molecular weight is 475 g/mol. The Morgan fingerprint density at radius 3 is 2.66 bits per heavy atom. The number of anilines is 1. The van der Waals surface area contributed by atoms with Crippen molar-refractivity contribution in [2.75, 3.05) is 11.1 Å². The number of amides is 1. The lowest BCUT2D eigenvalue weighted by Gasteiger charge is -2.09. The smallest absolute Gasteiger partial charge is 0.234 e. The molecule has 2 aromatic carbocycles. The standard InChI is InChI=1S/C21H23BrN4O2S/c1-4-15-5-8-17(9-6-15)28-12-19-24-25-21(26(19)3)29-13-20(27)23-18-10-7-16(22)11-14(18)2/h5-11H,4,12-13H2,1-3H3,(H,23,27). The van der Waals surface area contributed by atoms with Crippen LogP contribution >= 0.6 is 27.7 Å². The van der Waals surface area contributed by atoms with Crippen molar-refractivity contribution in [3.63, 3.8) is 0 Å². The van der Waals surface area contributed by atoms with Crippen LogP contribution in [-0.2, 0) is 24.9 Å². The molecule has 0 aliphatic heterocycles. The lowest BCUT2D eigenvalue weighted by molar-refractivity contribution is -0.113. The highest BCUT2D eigenvalue weighted by Gasteiger charge is 2.13. The summed E-state index contributed by atoms with van der Waals surface area (Å²) in [6.45, 7) is 4.40. The van der Waals surface area contributed by atoms with Crippen LogP contribution in [0.15, 0.2) is 52.1 Å². The lowest BCUT2D eigenvalue weighted by Crippen LogP contribution is -2.15.